The lowest BCUT2D eigenvalue weighted by molar-refractivity contribution is -0.148. The van der Waals surface area contributed by atoms with E-state index in [2.05, 4.69) is 9.97 Å². The number of furan rings is 1. The number of ether oxygens (including phenoxy) is 2. The Morgan fingerprint density at radius 3 is 1.87 bits per heavy atom. The van der Waals surface area contributed by atoms with Gasteiger partial charge in [-0.05, 0) is 36.6 Å². The molecule has 0 bridgehead atoms. The van der Waals surface area contributed by atoms with Crippen LogP contribution >= 0.6 is 0 Å². The quantitative estimate of drug-likeness (QED) is 0.249. The summed E-state index contributed by atoms with van der Waals surface area (Å²) in [6.07, 6.45) is -1.61. The Labute approximate surface area is 262 Å². The maximum absolute atomic E-state index is 13.4. The molecule has 7 nitrogen and oxygen atoms in total. The average Bonchev–Trinajstić information content (AvgIpc) is 3.48. The minimum absolute atomic E-state index is 0.0827. The van der Waals surface area contributed by atoms with Crippen LogP contribution in [0.5, 0.6) is 0 Å². The van der Waals surface area contributed by atoms with E-state index in [0.29, 0.717) is 12.8 Å². The van der Waals surface area contributed by atoms with Crippen LogP contribution in [0.15, 0.2) is 41.3 Å². The van der Waals surface area contributed by atoms with Crippen molar-refractivity contribution in [3.05, 3.63) is 82.3 Å². The fourth-order valence-corrected chi connectivity index (χ4v) is 6.95. The highest BCUT2D eigenvalue weighted by Crippen LogP contribution is 2.51. The third-order valence-corrected chi connectivity index (χ3v) is 8.85. The lowest BCUT2D eigenvalue weighted by Gasteiger charge is -2.44. The van der Waals surface area contributed by atoms with E-state index in [1.807, 2.05) is 26.0 Å². The highest BCUT2D eigenvalue weighted by Gasteiger charge is 2.53. The van der Waals surface area contributed by atoms with Gasteiger partial charge in [-0.15, -0.1) is 0 Å². The van der Waals surface area contributed by atoms with Crippen LogP contribution in [0.25, 0.3) is 0 Å². The normalized spacial score (nSPS) is 25.1. The third-order valence-electron chi connectivity index (χ3n) is 8.85. The van der Waals surface area contributed by atoms with Crippen molar-refractivity contribution < 1.29 is 45.0 Å². The summed E-state index contributed by atoms with van der Waals surface area (Å²) in [5, 5.41) is 9.24. The standard InChI is InChI=1S/C17H18F3NO2.C16H17F3N2O2/c1-16(2)9-17(22-3,7-10-4-5-23-14(10)16)13-12(15(19)20)6-11(18)8-21-13;1-15(2)8-16(23-3,5-9(6-20)13(15)22)12-11(14(18)19)4-10(17)7-21-12/h4-6,8,15H,7,9H2,1-3H3;4,7,9,14H,5,8H2,1-3H3. The summed E-state index contributed by atoms with van der Waals surface area (Å²) < 4.78 is 96.9. The van der Waals surface area contributed by atoms with Gasteiger partial charge in [-0.25, -0.2) is 26.3 Å². The van der Waals surface area contributed by atoms with Crippen LogP contribution in [0.2, 0.25) is 0 Å². The maximum atomic E-state index is 13.4. The molecule has 0 amide bonds. The molecule has 0 radical (unpaired) electrons. The number of hydrogen-bond donors (Lipinski definition) is 0. The minimum atomic E-state index is -2.94. The van der Waals surface area contributed by atoms with Crippen LogP contribution in [0, 0.1) is 34.3 Å². The van der Waals surface area contributed by atoms with Gasteiger partial charge in [0.05, 0.1) is 36.1 Å². The summed E-state index contributed by atoms with van der Waals surface area (Å²) in [7, 11) is 2.79. The lowest BCUT2D eigenvalue weighted by atomic mass is 9.63. The third kappa shape index (κ3) is 6.42. The van der Waals surface area contributed by atoms with E-state index < -0.39 is 63.6 Å². The van der Waals surface area contributed by atoms with Crippen LogP contribution in [0.3, 0.4) is 0 Å². The number of methoxy groups -OCH3 is 2. The van der Waals surface area contributed by atoms with E-state index in [1.54, 1.807) is 20.1 Å². The van der Waals surface area contributed by atoms with Crippen molar-refractivity contribution in [1.29, 1.82) is 5.26 Å². The number of fused-ring (bicyclic) bond motifs is 1. The van der Waals surface area contributed by atoms with Gasteiger partial charge in [-0.2, -0.15) is 5.26 Å². The van der Waals surface area contributed by atoms with E-state index in [9.17, 15) is 36.4 Å². The number of ketones is 1. The zero-order valence-electron chi connectivity index (χ0n) is 26.3. The van der Waals surface area contributed by atoms with E-state index >= 15 is 0 Å². The molecule has 0 aromatic carbocycles. The Bertz CT molecular complexity index is 1640. The number of carbonyl (C=O) groups excluding carboxylic acids is 1. The number of alkyl halides is 4. The Kier molecular flexibility index (Phi) is 9.76. The molecular weight excluding hydrogens is 616 g/mol. The molecule has 46 heavy (non-hydrogen) atoms. The van der Waals surface area contributed by atoms with E-state index in [-0.39, 0.29) is 30.0 Å². The highest BCUT2D eigenvalue weighted by atomic mass is 19.3. The Morgan fingerprint density at radius 1 is 0.891 bits per heavy atom. The van der Waals surface area contributed by atoms with Crippen molar-refractivity contribution in [3.63, 3.8) is 0 Å². The van der Waals surface area contributed by atoms with Crippen molar-refractivity contribution >= 4 is 5.78 Å². The topological polar surface area (TPSA) is 98.2 Å². The van der Waals surface area contributed by atoms with Crippen molar-refractivity contribution in [2.24, 2.45) is 11.3 Å². The summed E-state index contributed by atoms with van der Waals surface area (Å²) >= 11 is 0. The molecular formula is C33H35F6N3O4. The van der Waals surface area contributed by atoms with Gasteiger partial charge in [0.1, 0.15) is 34.5 Å². The van der Waals surface area contributed by atoms with Gasteiger partial charge < -0.3 is 13.9 Å². The SMILES string of the molecule is COC1(c2ncc(F)cc2C(F)F)CC(C#N)C(=O)C(C)(C)C1.COC1(c2ncc(F)cc2C(F)F)Cc2ccoc2C(C)(C)C1. The first kappa shape index (κ1) is 35.1. The summed E-state index contributed by atoms with van der Waals surface area (Å²) in [5.74, 6) is -2.08. The molecule has 248 valence electrons. The Morgan fingerprint density at radius 2 is 1.39 bits per heavy atom. The van der Waals surface area contributed by atoms with Gasteiger partial charge in [0.25, 0.3) is 12.9 Å². The van der Waals surface area contributed by atoms with Crippen LogP contribution in [-0.4, -0.2) is 30.0 Å². The van der Waals surface area contributed by atoms with Crippen LogP contribution in [0.4, 0.5) is 26.3 Å². The number of nitriles is 1. The number of Topliss-reactive ketones (excluding diaryl/α,β-unsaturated/α-hetero) is 1. The number of pyridine rings is 2. The summed E-state index contributed by atoms with van der Waals surface area (Å²) in [6.45, 7) is 7.21. The second-order valence-corrected chi connectivity index (χ2v) is 13.0. The van der Waals surface area contributed by atoms with Crippen LogP contribution in [0.1, 0.15) is 93.6 Å². The number of halogens is 6. The Hall–Kier alpha value is -3.76. The van der Waals surface area contributed by atoms with Gasteiger partial charge in [0.2, 0.25) is 0 Å². The van der Waals surface area contributed by atoms with E-state index in [0.717, 1.165) is 35.9 Å². The summed E-state index contributed by atoms with van der Waals surface area (Å²) in [6, 6.07) is 5.28. The van der Waals surface area contributed by atoms with Crippen molar-refractivity contribution in [2.45, 2.75) is 82.8 Å². The summed E-state index contributed by atoms with van der Waals surface area (Å²) in [4.78, 5) is 20.1. The first-order chi connectivity index (χ1) is 21.5. The van der Waals surface area contributed by atoms with E-state index in [4.69, 9.17) is 13.9 Å². The smallest absolute Gasteiger partial charge is 0.265 e. The number of aromatic nitrogens is 2. The fourth-order valence-electron chi connectivity index (χ4n) is 6.95. The molecule has 3 aromatic heterocycles. The van der Waals surface area contributed by atoms with Crippen molar-refractivity contribution in [1.82, 2.24) is 9.97 Å². The zero-order chi connectivity index (χ0) is 34.2. The molecule has 13 heteroatoms. The number of hydrogen-bond acceptors (Lipinski definition) is 7. The molecule has 0 aliphatic heterocycles. The second-order valence-electron chi connectivity index (χ2n) is 13.0. The van der Waals surface area contributed by atoms with Gasteiger partial charge >= 0.3 is 0 Å². The largest absolute Gasteiger partial charge is 0.468 e. The lowest BCUT2D eigenvalue weighted by Crippen LogP contribution is -2.48. The molecule has 5 rings (SSSR count). The van der Waals surface area contributed by atoms with Crippen molar-refractivity contribution in [2.75, 3.05) is 14.2 Å². The molecule has 3 unspecified atom stereocenters. The molecule has 2 aliphatic rings. The molecule has 1 fully saturated rings. The molecule has 2 aliphatic carbocycles. The van der Waals surface area contributed by atoms with Gasteiger partial charge in [-0.1, -0.05) is 27.7 Å². The average molecular weight is 652 g/mol. The number of rotatable bonds is 6. The highest BCUT2D eigenvalue weighted by molar-refractivity contribution is 5.89. The second kappa shape index (κ2) is 12.8. The van der Waals surface area contributed by atoms with Crippen molar-refractivity contribution in [3.8, 4) is 6.07 Å². The molecule has 0 saturated heterocycles. The monoisotopic (exact) mass is 651 g/mol. The maximum Gasteiger partial charge on any atom is 0.265 e. The molecule has 3 aromatic rings. The van der Waals surface area contributed by atoms with Gasteiger partial charge in [0.15, 0.2) is 5.78 Å². The molecule has 3 heterocycles. The minimum Gasteiger partial charge on any atom is -0.468 e. The molecule has 0 spiro atoms. The summed E-state index contributed by atoms with van der Waals surface area (Å²) in [5.41, 5.74) is -3.85. The number of carbonyl (C=O) groups is 1. The predicted octanol–water partition coefficient (Wildman–Crippen LogP) is 8.05. The number of nitrogens with zero attached hydrogens (tertiary/aromatic N) is 3. The van der Waals surface area contributed by atoms with E-state index in [1.165, 1.54) is 14.2 Å². The molecule has 3 atom stereocenters. The first-order valence-corrected chi connectivity index (χ1v) is 14.4. The Balaban J connectivity index is 0.000000209. The molecule has 1 saturated carbocycles. The van der Waals surface area contributed by atoms with Crippen LogP contribution in [-0.2, 0) is 37.3 Å². The van der Waals surface area contributed by atoms with Crippen LogP contribution < -0.4 is 0 Å². The first-order valence-electron chi connectivity index (χ1n) is 14.4. The predicted molar refractivity (Wildman–Crippen MR) is 153 cm³/mol. The van der Waals surface area contributed by atoms with Gasteiger partial charge in [0, 0.05) is 49.0 Å². The molecule has 0 N–H and O–H groups in total. The fraction of sp³-hybridized carbons (Fsp3) is 0.515. The zero-order valence-corrected chi connectivity index (χ0v) is 26.3. The van der Waals surface area contributed by atoms with Gasteiger partial charge in [-0.3, -0.25) is 14.8 Å².